The number of hydrogen-bond acceptors (Lipinski definition) is 6. The molecule has 0 saturated carbocycles. The van der Waals surface area contributed by atoms with Crippen molar-refractivity contribution in [2.24, 2.45) is 0 Å². The number of aromatic nitrogens is 1. The summed E-state index contributed by atoms with van der Waals surface area (Å²) in [5, 5.41) is 3.96. The minimum absolute atomic E-state index is 0.0412. The third-order valence-corrected chi connectivity index (χ3v) is 5.60. The number of rotatable bonds is 4. The molecule has 2 aromatic rings. The van der Waals surface area contributed by atoms with E-state index in [1.807, 2.05) is 0 Å². The van der Waals surface area contributed by atoms with Crippen LogP contribution in [-0.4, -0.2) is 34.9 Å². The van der Waals surface area contributed by atoms with Gasteiger partial charge in [0.05, 0.1) is 18.3 Å². The van der Waals surface area contributed by atoms with Gasteiger partial charge in [0.25, 0.3) is 0 Å². The zero-order valence-corrected chi connectivity index (χ0v) is 16.4. The fraction of sp³-hybridized carbons (Fsp3) is 0.421. The summed E-state index contributed by atoms with van der Waals surface area (Å²) in [6.45, 7) is 6.28. The molecule has 1 atom stereocenters. The van der Waals surface area contributed by atoms with E-state index in [1.165, 1.54) is 30.4 Å². The topological polar surface area (TPSA) is 71.5 Å². The van der Waals surface area contributed by atoms with Crippen LogP contribution >= 0.6 is 11.3 Å². The van der Waals surface area contributed by atoms with Gasteiger partial charge in [-0.3, -0.25) is 4.79 Å². The van der Waals surface area contributed by atoms with E-state index in [4.69, 9.17) is 4.74 Å². The van der Waals surface area contributed by atoms with Crippen molar-refractivity contribution in [3.63, 3.8) is 0 Å². The Hall–Kier alpha value is -2.48. The van der Waals surface area contributed by atoms with Crippen molar-refractivity contribution in [1.29, 1.82) is 0 Å². The molecule has 1 N–H and O–H groups in total. The number of hydrogen-bond donors (Lipinski definition) is 1. The minimum Gasteiger partial charge on any atom is -0.462 e. The molecular formula is C19H22FN3O3S. The number of nitrogens with one attached hydrogen (secondary N) is 1. The van der Waals surface area contributed by atoms with E-state index in [2.05, 4.69) is 10.3 Å². The van der Waals surface area contributed by atoms with E-state index >= 15 is 0 Å². The maximum Gasteiger partial charge on any atom is 0.350 e. The Bertz CT molecular complexity index is 868. The number of halogens is 1. The SMILES string of the molecule is CCOC(=O)c1sc(NC2CCN(C(C)=O)Cc3cc(F)ccc32)nc1C. The largest absolute Gasteiger partial charge is 0.462 e. The molecule has 1 aromatic carbocycles. The van der Waals surface area contributed by atoms with Crippen molar-refractivity contribution >= 4 is 28.3 Å². The van der Waals surface area contributed by atoms with Gasteiger partial charge in [0.15, 0.2) is 5.13 Å². The van der Waals surface area contributed by atoms with Gasteiger partial charge in [-0.15, -0.1) is 0 Å². The second kappa shape index (κ2) is 8.04. The predicted octanol–water partition coefficient (Wildman–Crippen LogP) is 3.67. The molecule has 1 aromatic heterocycles. The van der Waals surface area contributed by atoms with Crippen LogP contribution in [0.2, 0.25) is 0 Å². The van der Waals surface area contributed by atoms with E-state index in [0.29, 0.717) is 41.8 Å². The number of aryl methyl sites for hydroxylation is 1. The molecule has 0 fully saturated rings. The van der Waals surface area contributed by atoms with Crippen molar-refractivity contribution in [2.75, 3.05) is 18.5 Å². The smallest absolute Gasteiger partial charge is 0.350 e. The van der Waals surface area contributed by atoms with Gasteiger partial charge < -0.3 is 15.0 Å². The van der Waals surface area contributed by atoms with Gasteiger partial charge in [-0.25, -0.2) is 14.2 Å². The number of anilines is 1. The van der Waals surface area contributed by atoms with E-state index in [-0.39, 0.29) is 23.7 Å². The third-order valence-electron chi connectivity index (χ3n) is 4.53. The second-order valence-electron chi connectivity index (χ2n) is 6.42. The quantitative estimate of drug-likeness (QED) is 0.805. The molecule has 1 aliphatic heterocycles. The maximum absolute atomic E-state index is 13.7. The lowest BCUT2D eigenvalue weighted by Gasteiger charge is -2.19. The second-order valence-corrected chi connectivity index (χ2v) is 7.42. The summed E-state index contributed by atoms with van der Waals surface area (Å²) in [6, 6.07) is 4.51. The summed E-state index contributed by atoms with van der Waals surface area (Å²) >= 11 is 1.24. The molecule has 0 radical (unpaired) electrons. The highest BCUT2D eigenvalue weighted by Gasteiger charge is 2.25. The van der Waals surface area contributed by atoms with Crippen molar-refractivity contribution in [3.8, 4) is 0 Å². The molecule has 1 amide bonds. The summed E-state index contributed by atoms with van der Waals surface area (Å²) in [7, 11) is 0. The fourth-order valence-electron chi connectivity index (χ4n) is 3.19. The number of amides is 1. The third kappa shape index (κ3) is 4.27. The van der Waals surface area contributed by atoms with Crippen LogP contribution in [0.3, 0.4) is 0 Å². The highest BCUT2D eigenvalue weighted by atomic mass is 32.1. The van der Waals surface area contributed by atoms with Crippen LogP contribution in [0.25, 0.3) is 0 Å². The summed E-state index contributed by atoms with van der Waals surface area (Å²) in [5.74, 6) is -0.750. The van der Waals surface area contributed by atoms with Crippen LogP contribution in [0.1, 0.15) is 52.8 Å². The number of esters is 1. The molecule has 0 saturated heterocycles. The first-order valence-electron chi connectivity index (χ1n) is 8.84. The van der Waals surface area contributed by atoms with Crippen LogP contribution < -0.4 is 5.32 Å². The van der Waals surface area contributed by atoms with Gasteiger partial charge in [0, 0.05) is 20.0 Å². The van der Waals surface area contributed by atoms with Gasteiger partial charge >= 0.3 is 5.97 Å². The van der Waals surface area contributed by atoms with Crippen molar-refractivity contribution in [3.05, 3.63) is 45.7 Å². The Kier molecular flexibility index (Phi) is 5.74. The zero-order valence-electron chi connectivity index (χ0n) is 15.5. The fourth-order valence-corrected chi connectivity index (χ4v) is 4.10. The van der Waals surface area contributed by atoms with Gasteiger partial charge in [0.1, 0.15) is 10.7 Å². The van der Waals surface area contributed by atoms with Gasteiger partial charge in [-0.2, -0.15) is 0 Å². The minimum atomic E-state index is -0.383. The summed E-state index contributed by atoms with van der Waals surface area (Å²) < 4.78 is 18.8. The van der Waals surface area contributed by atoms with Crippen LogP contribution in [0, 0.1) is 12.7 Å². The number of thiazole rings is 1. The number of nitrogens with zero attached hydrogens (tertiary/aromatic N) is 2. The molecule has 0 aliphatic carbocycles. The molecule has 8 heteroatoms. The van der Waals surface area contributed by atoms with Gasteiger partial charge in [0.2, 0.25) is 5.91 Å². The molecule has 27 heavy (non-hydrogen) atoms. The van der Waals surface area contributed by atoms with Crippen LogP contribution in [0.15, 0.2) is 18.2 Å². The number of carbonyl (C=O) groups is 2. The van der Waals surface area contributed by atoms with Crippen LogP contribution in [-0.2, 0) is 16.1 Å². The van der Waals surface area contributed by atoms with E-state index in [1.54, 1.807) is 24.8 Å². The Labute approximate surface area is 161 Å². The lowest BCUT2D eigenvalue weighted by Crippen LogP contribution is -2.28. The molecule has 1 unspecified atom stereocenters. The average Bonchev–Trinajstić information content (AvgIpc) is 2.87. The number of fused-ring (bicyclic) bond motifs is 1. The van der Waals surface area contributed by atoms with Crippen LogP contribution in [0.4, 0.5) is 9.52 Å². The lowest BCUT2D eigenvalue weighted by atomic mass is 9.99. The Balaban J connectivity index is 1.88. The number of carbonyl (C=O) groups excluding carboxylic acids is 2. The van der Waals surface area contributed by atoms with E-state index in [0.717, 1.165) is 11.1 Å². The summed E-state index contributed by atoms with van der Waals surface area (Å²) in [4.78, 5) is 30.5. The molecular weight excluding hydrogens is 369 g/mol. The first-order chi connectivity index (χ1) is 12.9. The molecule has 2 heterocycles. The molecule has 1 aliphatic rings. The standard InChI is InChI=1S/C19H22FN3O3S/c1-4-26-18(25)17-11(2)21-19(27-17)22-16-7-8-23(12(3)24)10-13-9-14(20)5-6-15(13)16/h5-6,9,16H,4,7-8,10H2,1-3H3,(H,21,22). The van der Waals surface area contributed by atoms with Gasteiger partial charge in [-0.1, -0.05) is 17.4 Å². The normalized spacial score (nSPS) is 16.4. The molecule has 3 rings (SSSR count). The maximum atomic E-state index is 13.7. The van der Waals surface area contributed by atoms with Crippen molar-refractivity contribution in [1.82, 2.24) is 9.88 Å². The monoisotopic (exact) mass is 391 g/mol. The zero-order chi connectivity index (χ0) is 19.6. The Morgan fingerprint density at radius 1 is 1.44 bits per heavy atom. The van der Waals surface area contributed by atoms with Crippen LogP contribution in [0.5, 0.6) is 0 Å². The average molecular weight is 391 g/mol. The predicted molar refractivity (Wildman–Crippen MR) is 101 cm³/mol. The number of ether oxygens (including phenoxy) is 1. The van der Waals surface area contributed by atoms with E-state index in [9.17, 15) is 14.0 Å². The highest BCUT2D eigenvalue weighted by Crippen LogP contribution is 2.33. The first kappa shape index (κ1) is 19.3. The Morgan fingerprint density at radius 3 is 2.93 bits per heavy atom. The van der Waals surface area contributed by atoms with Crippen molar-refractivity contribution < 1.29 is 18.7 Å². The molecule has 6 nitrogen and oxygen atoms in total. The summed E-state index contributed by atoms with van der Waals surface area (Å²) in [5.41, 5.74) is 2.32. The highest BCUT2D eigenvalue weighted by molar-refractivity contribution is 7.17. The van der Waals surface area contributed by atoms with E-state index < -0.39 is 0 Å². The van der Waals surface area contributed by atoms with Crippen molar-refractivity contribution in [2.45, 2.75) is 39.8 Å². The Morgan fingerprint density at radius 2 is 2.22 bits per heavy atom. The molecule has 0 bridgehead atoms. The lowest BCUT2D eigenvalue weighted by molar-refractivity contribution is -0.129. The first-order valence-corrected chi connectivity index (χ1v) is 9.65. The van der Waals surface area contributed by atoms with Gasteiger partial charge in [-0.05, 0) is 43.5 Å². The number of benzene rings is 1. The molecule has 144 valence electrons. The summed E-state index contributed by atoms with van der Waals surface area (Å²) in [6.07, 6.45) is 0.658. The molecule has 0 spiro atoms.